The molecule has 0 aliphatic rings. The van der Waals surface area contributed by atoms with Crippen LogP contribution in [0.5, 0.6) is 11.6 Å². The average Bonchev–Trinajstić information content (AvgIpc) is 2.78. The van der Waals surface area contributed by atoms with E-state index < -0.39 is 22.0 Å². The molecule has 0 fully saturated rings. The Balaban J connectivity index is 1.92. The third-order valence-electron chi connectivity index (χ3n) is 3.91. The first-order chi connectivity index (χ1) is 14.8. The first-order valence-electron chi connectivity index (χ1n) is 8.71. The van der Waals surface area contributed by atoms with Gasteiger partial charge in [0.1, 0.15) is 5.75 Å². The Hall–Kier alpha value is -3.99. The summed E-state index contributed by atoms with van der Waals surface area (Å²) in [6.45, 7) is 0. The first kappa shape index (κ1) is 21.7. The van der Waals surface area contributed by atoms with Crippen LogP contribution in [-0.4, -0.2) is 44.5 Å². The monoisotopic (exact) mass is 443 g/mol. The van der Waals surface area contributed by atoms with Gasteiger partial charge in [-0.1, -0.05) is 6.07 Å². The van der Waals surface area contributed by atoms with Gasteiger partial charge in [0, 0.05) is 18.5 Å². The number of benzene rings is 2. The van der Waals surface area contributed by atoms with Crippen LogP contribution < -0.4 is 9.46 Å². The minimum Gasteiger partial charge on any atom is -0.465 e. The third-order valence-corrected chi connectivity index (χ3v) is 5.27. The zero-order chi connectivity index (χ0) is 22.4. The van der Waals surface area contributed by atoms with Crippen molar-refractivity contribution in [3.05, 3.63) is 72.2 Å². The first-order valence-corrected chi connectivity index (χ1v) is 10.2. The number of nitrogens with one attached hydrogen (secondary N) is 1. The second-order valence-electron chi connectivity index (χ2n) is 6.01. The van der Waals surface area contributed by atoms with Gasteiger partial charge in [0.15, 0.2) is 0 Å². The fourth-order valence-corrected chi connectivity index (χ4v) is 3.64. The lowest BCUT2D eigenvalue weighted by molar-refractivity contribution is 0.0598. The number of rotatable bonds is 7. The maximum absolute atomic E-state index is 12.9. The van der Waals surface area contributed by atoms with Crippen LogP contribution in [-0.2, 0) is 19.5 Å². The van der Waals surface area contributed by atoms with E-state index in [0.717, 1.165) is 26.4 Å². The summed E-state index contributed by atoms with van der Waals surface area (Å²) in [6.07, 6.45) is 4.35. The van der Waals surface area contributed by atoms with Gasteiger partial charge in [-0.25, -0.2) is 23.0 Å². The van der Waals surface area contributed by atoms with Gasteiger partial charge in [0.2, 0.25) is 5.88 Å². The fraction of sp³-hybridized carbons (Fsp3) is 0.100. The standard InChI is InChI=1S/C20H17N3O7S/c1-28-19(24)13-8-14(20(25)29-2)10-17(9-13)31(26,27)23-15-4-3-5-16(11-15)30-18-12-21-6-7-22-18/h3-12,23H,1-2H3. The Morgan fingerprint density at radius 1 is 0.935 bits per heavy atom. The van der Waals surface area contributed by atoms with E-state index in [9.17, 15) is 18.0 Å². The van der Waals surface area contributed by atoms with Crippen molar-refractivity contribution < 1.29 is 32.2 Å². The number of esters is 2. The van der Waals surface area contributed by atoms with Crippen LogP contribution in [0.3, 0.4) is 0 Å². The second kappa shape index (κ2) is 9.22. The molecule has 31 heavy (non-hydrogen) atoms. The summed E-state index contributed by atoms with van der Waals surface area (Å²) in [5, 5.41) is 0. The molecule has 160 valence electrons. The van der Waals surface area contributed by atoms with Crippen molar-refractivity contribution in [3.8, 4) is 11.6 Å². The summed E-state index contributed by atoms with van der Waals surface area (Å²) in [5.41, 5.74) is -0.0551. The number of nitrogens with zero attached hydrogens (tertiary/aromatic N) is 2. The Labute approximate surface area is 177 Å². The quantitative estimate of drug-likeness (QED) is 0.547. The fourth-order valence-electron chi connectivity index (χ4n) is 2.52. The predicted molar refractivity (Wildman–Crippen MR) is 108 cm³/mol. The van der Waals surface area contributed by atoms with E-state index in [1.807, 2.05) is 0 Å². The Morgan fingerprint density at radius 2 is 1.61 bits per heavy atom. The van der Waals surface area contributed by atoms with Gasteiger partial charge in [0.05, 0.1) is 42.1 Å². The lowest BCUT2D eigenvalue weighted by Gasteiger charge is -2.12. The van der Waals surface area contributed by atoms with Gasteiger partial charge in [-0.15, -0.1) is 0 Å². The molecule has 1 aromatic heterocycles. The van der Waals surface area contributed by atoms with E-state index in [1.165, 1.54) is 36.8 Å². The molecule has 3 rings (SSSR count). The highest BCUT2D eigenvalue weighted by atomic mass is 32.2. The van der Waals surface area contributed by atoms with Crippen LogP contribution >= 0.6 is 0 Å². The second-order valence-corrected chi connectivity index (χ2v) is 7.69. The van der Waals surface area contributed by atoms with Crippen molar-refractivity contribution in [1.29, 1.82) is 0 Å². The topological polar surface area (TPSA) is 134 Å². The molecule has 0 bridgehead atoms. The average molecular weight is 443 g/mol. The van der Waals surface area contributed by atoms with Crippen molar-refractivity contribution >= 4 is 27.6 Å². The number of carbonyl (C=O) groups excluding carboxylic acids is 2. The van der Waals surface area contributed by atoms with Crippen LogP contribution in [0.25, 0.3) is 0 Å². The molecule has 3 aromatic rings. The lowest BCUT2D eigenvalue weighted by Crippen LogP contribution is -2.16. The number of anilines is 1. The minimum absolute atomic E-state index is 0.120. The zero-order valence-electron chi connectivity index (χ0n) is 16.4. The Morgan fingerprint density at radius 3 is 2.19 bits per heavy atom. The largest absolute Gasteiger partial charge is 0.465 e. The zero-order valence-corrected chi connectivity index (χ0v) is 17.3. The van der Waals surface area contributed by atoms with Gasteiger partial charge < -0.3 is 14.2 Å². The van der Waals surface area contributed by atoms with E-state index in [2.05, 4.69) is 24.2 Å². The summed E-state index contributed by atoms with van der Waals surface area (Å²) in [7, 11) is -1.90. The number of hydrogen-bond acceptors (Lipinski definition) is 9. The number of methoxy groups -OCH3 is 2. The van der Waals surface area contributed by atoms with Gasteiger partial charge in [-0.2, -0.15) is 0 Å². The molecule has 11 heteroatoms. The van der Waals surface area contributed by atoms with Gasteiger partial charge in [0.25, 0.3) is 10.0 Å². The van der Waals surface area contributed by atoms with E-state index in [1.54, 1.807) is 12.1 Å². The van der Waals surface area contributed by atoms with E-state index >= 15 is 0 Å². The van der Waals surface area contributed by atoms with Crippen LogP contribution in [0.15, 0.2) is 66.0 Å². The number of sulfonamides is 1. The molecule has 0 unspecified atom stereocenters. The molecule has 0 saturated heterocycles. The van der Waals surface area contributed by atoms with Crippen molar-refractivity contribution in [3.63, 3.8) is 0 Å². The van der Waals surface area contributed by atoms with Gasteiger partial charge in [-0.05, 0) is 30.3 Å². The normalized spacial score (nSPS) is 10.8. The highest BCUT2D eigenvalue weighted by Gasteiger charge is 2.21. The highest BCUT2D eigenvalue weighted by molar-refractivity contribution is 7.92. The summed E-state index contributed by atoms with van der Waals surface area (Å²) in [4.78, 5) is 31.4. The van der Waals surface area contributed by atoms with Crippen LogP contribution in [0.4, 0.5) is 5.69 Å². The third kappa shape index (κ3) is 5.34. The van der Waals surface area contributed by atoms with Gasteiger partial charge in [-0.3, -0.25) is 9.71 Å². The maximum Gasteiger partial charge on any atom is 0.337 e. The molecular formula is C20H17N3O7S. The van der Waals surface area contributed by atoms with E-state index in [0.29, 0.717) is 5.75 Å². The number of ether oxygens (including phenoxy) is 3. The molecule has 0 aliphatic carbocycles. The number of aromatic nitrogens is 2. The van der Waals surface area contributed by atoms with Crippen molar-refractivity contribution in [1.82, 2.24) is 9.97 Å². The molecule has 0 saturated carbocycles. The SMILES string of the molecule is COC(=O)c1cc(C(=O)OC)cc(S(=O)(=O)Nc2cccc(Oc3cnccn3)c2)c1. The van der Waals surface area contributed by atoms with Gasteiger partial charge >= 0.3 is 11.9 Å². The molecule has 10 nitrogen and oxygen atoms in total. The van der Waals surface area contributed by atoms with Crippen LogP contribution in [0.1, 0.15) is 20.7 Å². The molecule has 0 spiro atoms. The van der Waals surface area contributed by atoms with Crippen molar-refractivity contribution in [2.24, 2.45) is 0 Å². The van der Waals surface area contributed by atoms with E-state index in [4.69, 9.17) is 4.74 Å². The molecular weight excluding hydrogens is 426 g/mol. The minimum atomic E-state index is -4.18. The Kier molecular flexibility index (Phi) is 6.46. The Bertz CT molecular complexity index is 1180. The smallest absolute Gasteiger partial charge is 0.337 e. The molecule has 0 aliphatic heterocycles. The molecule has 2 aromatic carbocycles. The summed E-state index contributed by atoms with van der Waals surface area (Å²) >= 11 is 0. The number of hydrogen-bond donors (Lipinski definition) is 1. The molecule has 0 atom stereocenters. The summed E-state index contributed by atoms with van der Waals surface area (Å²) < 4.78 is 43.0. The van der Waals surface area contributed by atoms with E-state index in [-0.39, 0.29) is 27.6 Å². The lowest BCUT2D eigenvalue weighted by atomic mass is 10.1. The molecule has 1 heterocycles. The van der Waals surface area contributed by atoms with Crippen molar-refractivity contribution in [2.45, 2.75) is 4.90 Å². The molecule has 0 amide bonds. The van der Waals surface area contributed by atoms with Crippen LogP contribution in [0.2, 0.25) is 0 Å². The summed E-state index contributed by atoms with van der Waals surface area (Å²) in [6, 6.07) is 9.52. The van der Waals surface area contributed by atoms with Crippen LogP contribution in [0, 0.1) is 0 Å². The number of carbonyl (C=O) groups is 2. The maximum atomic E-state index is 12.9. The molecule has 0 radical (unpaired) electrons. The summed E-state index contributed by atoms with van der Waals surface area (Å²) in [5.74, 6) is -1.06. The highest BCUT2D eigenvalue weighted by Crippen LogP contribution is 2.25. The molecule has 1 N–H and O–H groups in total. The predicted octanol–water partition coefficient (Wildman–Crippen LogP) is 2.64. The van der Waals surface area contributed by atoms with Crippen molar-refractivity contribution in [2.75, 3.05) is 18.9 Å².